The van der Waals surface area contributed by atoms with Crippen LogP contribution >= 0.6 is 23.1 Å². The Morgan fingerprint density at radius 3 is 2.67 bits per heavy atom. The summed E-state index contributed by atoms with van der Waals surface area (Å²) < 4.78 is 12.1. The summed E-state index contributed by atoms with van der Waals surface area (Å²) >= 11 is 3.30. The van der Waals surface area contributed by atoms with Gasteiger partial charge >= 0.3 is 5.97 Å². The molecular formula is C21H23N3O4S2. The highest BCUT2D eigenvalue weighted by atomic mass is 32.2. The van der Waals surface area contributed by atoms with Crippen LogP contribution in [0.25, 0.3) is 10.2 Å². The van der Waals surface area contributed by atoms with Crippen molar-refractivity contribution in [1.29, 1.82) is 0 Å². The standard InChI is InChI=1S/C21H23N3O4S2/c1-21(2,28-4)9-10-29-20-24-15-8-6-14(11-17(15)30-20)23-18(25)16-7-5-13(12-22-16)19(26)27-3/h5-8,11-12H,9-10H2,1-4H3,(H,23,25). The monoisotopic (exact) mass is 445 g/mol. The van der Waals surface area contributed by atoms with E-state index in [0.717, 1.165) is 26.7 Å². The summed E-state index contributed by atoms with van der Waals surface area (Å²) in [5.74, 6) is 0.0635. The molecule has 9 heteroatoms. The maximum atomic E-state index is 12.5. The molecule has 0 bridgehead atoms. The number of rotatable bonds is 8. The molecule has 0 saturated carbocycles. The lowest BCUT2D eigenvalue weighted by molar-refractivity contribution is 0.0206. The van der Waals surface area contributed by atoms with Gasteiger partial charge in [0.15, 0.2) is 4.34 Å². The van der Waals surface area contributed by atoms with Crippen LogP contribution < -0.4 is 5.32 Å². The summed E-state index contributed by atoms with van der Waals surface area (Å²) in [5, 5.41) is 2.83. The average Bonchev–Trinajstić information content (AvgIpc) is 3.15. The molecule has 30 heavy (non-hydrogen) atoms. The number of anilines is 1. The van der Waals surface area contributed by atoms with E-state index < -0.39 is 5.97 Å². The molecule has 0 aliphatic heterocycles. The Kier molecular flexibility index (Phi) is 7.06. The zero-order chi connectivity index (χ0) is 21.7. The van der Waals surface area contributed by atoms with Gasteiger partial charge in [-0.2, -0.15) is 0 Å². The Balaban J connectivity index is 1.65. The van der Waals surface area contributed by atoms with Crippen molar-refractivity contribution >= 4 is 50.9 Å². The number of thioether (sulfide) groups is 1. The summed E-state index contributed by atoms with van der Waals surface area (Å²) in [4.78, 5) is 32.6. The number of amides is 1. The van der Waals surface area contributed by atoms with Crippen LogP contribution in [0.5, 0.6) is 0 Å². The van der Waals surface area contributed by atoms with Crippen molar-refractivity contribution in [1.82, 2.24) is 9.97 Å². The molecule has 0 saturated heterocycles. The van der Waals surface area contributed by atoms with E-state index in [4.69, 9.17) is 4.74 Å². The molecule has 0 fully saturated rings. The first-order valence-corrected chi connectivity index (χ1v) is 11.1. The normalized spacial score (nSPS) is 11.5. The van der Waals surface area contributed by atoms with Crippen LogP contribution in [-0.2, 0) is 9.47 Å². The number of hydrogen-bond acceptors (Lipinski definition) is 8. The predicted octanol–water partition coefficient (Wildman–Crippen LogP) is 4.64. The maximum Gasteiger partial charge on any atom is 0.339 e. The molecule has 3 rings (SSSR count). The van der Waals surface area contributed by atoms with E-state index in [-0.39, 0.29) is 17.2 Å². The fourth-order valence-corrected chi connectivity index (χ4v) is 4.91. The van der Waals surface area contributed by atoms with Gasteiger partial charge in [0.1, 0.15) is 5.69 Å². The van der Waals surface area contributed by atoms with Crippen LogP contribution in [0.2, 0.25) is 0 Å². The van der Waals surface area contributed by atoms with Crippen LogP contribution in [0.15, 0.2) is 40.9 Å². The average molecular weight is 446 g/mol. The van der Waals surface area contributed by atoms with E-state index in [0.29, 0.717) is 11.3 Å². The number of nitrogens with zero attached hydrogens (tertiary/aromatic N) is 2. The second-order valence-electron chi connectivity index (χ2n) is 7.10. The Labute approximate surface area is 183 Å². The van der Waals surface area contributed by atoms with E-state index >= 15 is 0 Å². The molecule has 158 valence electrons. The van der Waals surface area contributed by atoms with E-state index in [9.17, 15) is 9.59 Å². The van der Waals surface area contributed by atoms with Crippen molar-refractivity contribution in [3.8, 4) is 0 Å². The van der Waals surface area contributed by atoms with Crippen LogP contribution in [0.1, 0.15) is 41.1 Å². The first-order valence-electron chi connectivity index (χ1n) is 9.25. The van der Waals surface area contributed by atoms with E-state index in [1.54, 1.807) is 30.2 Å². The van der Waals surface area contributed by atoms with Crippen LogP contribution in [0.4, 0.5) is 5.69 Å². The lowest BCUT2D eigenvalue weighted by atomic mass is 10.1. The molecule has 2 aromatic heterocycles. The Hall–Kier alpha value is -2.49. The lowest BCUT2D eigenvalue weighted by Crippen LogP contribution is -2.22. The summed E-state index contributed by atoms with van der Waals surface area (Å²) in [5.41, 5.74) is 1.91. The lowest BCUT2D eigenvalue weighted by Gasteiger charge is -2.21. The molecule has 7 nitrogen and oxygen atoms in total. The molecule has 2 heterocycles. The molecule has 1 aromatic carbocycles. The molecule has 1 N–H and O–H groups in total. The highest BCUT2D eigenvalue weighted by Crippen LogP contribution is 2.32. The van der Waals surface area contributed by atoms with E-state index in [1.807, 2.05) is 18.2 Å². The van der Waals surface area contributed by atoms with Crippen LogP contribution in [0, 0.1) is 0 Å². The van der Waals surface area contributed by atoms with Gasteiger partial charge in [-0.15, -0.1) is 11.3 Å². The van der Waals surface area contributed by atoms with Gasteiger partial charge in [0, 0.05) is 24.7 Å². The van der Waals surface area contributed by atoms with Crippen molar-refractivity contribution in [2.24, 2.45) is 0 Å². The molecule has 0 aliphatic rings. The number of fused-ring (bicyclic) bond motifs is 1. The smallest absolute Gasteiger partial charge is 0.339 e. The number of carbonyl (C=O) groups excluding carboxylic acids is 2. The topological polar surface area (TPSA) is 90.4 Å². The minimum absolute atomic E-state index is 0.149. The summed E-state index contributed by atoms with van der Waals surface area (Å²) in [6, 6.07) is 8.60. The molecule has 0 radical (unpaired) electrons. The van der Waals surface area contributed by atoms with Gasteiger partial charge in [-0.3, -0.25) is 9.78 Å². The number of ether oxygens (including phenoxy) is 2. The largest absolute Gasteiger partial charge is 0.465 e. The van der Waals surface area contributed by atoms with Crippen molar-refractivity contribution in [3.63, 3.8) is 0 Å². The van der Waals surface area contributed by atoms with Crippen molar-refractivity contribution in [3.05, 3.63) is 47.8 Å². The number of thiazole rings is 1. The maximum absolute atomic E-state index is 12.5. The molecule has 0 aliphatic carbocycles. The molecular weight excluding hydrogens is 422 g/mol. The van der Waals surface area contributed by atoms with Crippen molar-refractivity contribution < 1.29 is 19.1 Å². The second-order valence-corrected chi connectivity index (χ2v) is 9.48. The summed E-state index contributed by atoms with van der Waals surface area (Å²) in [6.45, 7) is 4.14. The van der Waals surface area contributed by atoms with Gasteiger partial charge in [-0.1, -0.05) is 11.8 Å². The molecule has 1 amide bonds. The number of aromatic nitrogens is 2. The molecule has 0 spiro atoms. The third kappa shape index (κ3) is 5.56. The number of methoxy groups -OCH3 is 2. The number of esters is 1. The fraction of sp³-hybridized carbons (Fsp3) is 0.333. The van der Waals surface area contributed by atoms with Crippen molar-refractivity contribution in [2.45, 2.75) is 30.2 Å². The predicted molar refractivity (Wildman–Crippen MR) is 120 cm³/mol. The van der Waals surface area contributed by atoms with Gasteiger partial charge in [0.25, 0.3) is 5.91 Å². The highest BCUT2D eigenvalue weighted by molar-refractivity contribution is 8.01. The van der Waals surface area contributed by atoms with Gasteiger partial charge < -0.3 is 14.8 Å². The Morgan fingerprint density at radius 2 is 2.00 bits per heavy atom. The third-order valence-corrected chi connectivity index (χ3v) is 6.69. The molecule has 3 aromatic rings. The zero-order valence-corrected chi connectivity index (χ0v) is 18.9. The SMILES string of the molecule is COC(=O)c1ccc(C(=O)Nc2ccc3nc(SCCC(C)(C)OC)sc3c2)nc1. The number of pyridine rings is 1. The minimum atomic E-state index is -0.496. The molecule has 0 unspecified atom stereocenters. The Morgan fingerprint density at radius 1 is 1.20 bits per heavy atom. The fourth-order valence-electron chi connectivity index (χ4n) is 2.49. The Bertz CT molecular complexity index is 1050. The van der Waals surface area contributed by atoms with E-state index in [1.165, 1.54) is 25.4 Å². The highest BCUT2D eigenvalue weighted by Gasteiger charge is 2.17. The summed E-state index contributed by atoms with van der Waals surface area (Å²) in [6.07, 6.45) is 2.24. The van der Waals surface area contributed by atoms with Crippen molar-refractivity contribution in [2.75, 3.05) is 25.3 Å². The summed E-state index contributed by atoms with van der Waals surface area (Å²) in [7, 11) is 3.02. The number of hydrogen-bond donors (Lipinski definition) is 1. The van der Waals surface area contributed by atoms with Gasteiger partial charge in [-0.05, 0) is 50.6 Å². The first kappa shape index (κ1) is 22.2. The van der Waals surface area contributed by atoms with Crippen LogP contribution in [-0.4, -0.2) is 47.4 Å². The van der Waals surface area contributed by atoms with Crippen LogP contribution in [0.3, 0.4) is 0 Å². The quantitative estimate of drug-likeness (QED) is 0.399. The van der Waals surface area contributed by atoms with Gasteiger partial charge in [0.05, 0.1) is 28.5 Å². The molecule has 0 atom stereocenters. The first-order chi connectivity index (χ1) is 14.3. The van der Waals surface area contributed by atoms with Gasteiger partial charge in [0.2, 0.25) is 0 Å². The number of carbonyl (C=O) groups is 2. The zero-order valence-electron chi connectivity index (χ0n) is 17.2. The minimum Gasteiger partial charge on any atom is -0.465 e. The number of nitrogens with one attached hydrogen (secondary N) is 1. The van der Waals surface area contributed by atoms with Gasteiger partial charge in [-0.25, -0.2) is 9.78 Å². The number of benzene rings is 1. The van der Waals surface area contributed by atoms with E-state index in [2.05, 4.69) is 33.9 Å². The third-order valence-electron chi connectivity index (χ3n) is 4.53. The second kappa shape index (κ2) is 9.55.